The molecule has 0 radical (unpaired) electrons. The number of carbonyl (C=O) groups excluding carboxylic acids is 2. The first-order chi connectivity index (χ1) is 14.2. The van der Waals surface area contributed by atoms with E-state index < -0.39 is 5.97 Å². The van der Waals surface area contributed by atoms with Crippen molar-refractivity contribution < 1.29 is 14.3 Å². The Kier molecular flexibility index (Phi) is 6.64. The number of carbonyl (C=O) groups is 2. The van der Waals surface area contributed by atoms with Crippen molar-refractivity contribution in [2.24, 2.45) is 0 Å². The Bertz CT molecular complexity index is 911. The first-order valence-corrected chi connectivity index (χ1v) is 10.8. The molecule has 1 aliphatic heterocycles. The lowest BCUT2D eigenvalue weighted by molar-refractivity contribution is -0.136. The molecule has 30 heavy (non-hydrogen) atoms. The lowest BCUT2D eigenvalue weighted by atomic mass is 9.86. The Balaban J connectivity index is 1.88. The first-order valence-electron chi connectivity index (χ1n) is 10.8. The number of amides is 1. The molecule has 1 aromatic carbocycles. The fourth-order valence-electron chi connectivity index (χ4n) is 4.13. The third-order valence-electron chi connectivity index (χ3n) is 6.03. The molecule has 0 atom stereocenters. The van der Waals surface area contributed by atoms with E-state index in [0.717, 1.165) is 24.8 Å². The molecule has 160 valence electrons. The molecule has 4 nitrogen and oxygen atoms in total. The van der Waals surface area contributed by atoms with Gasteiger partial charge in [-0.25, -0.2) is 4.79 Å². The van der Waals surface area contributed by atoms with Gasteiger partial charge >= 0.3 is 5.97 Å². The summed E-state index contributed by atoms with van der Waals surface area (Å²) in [5.41, 5.74) is 5.08. The highest BCUT2D eigenvalue weighted by atomic mass is 16.5. The van der Waals surface area contributed by atoms with Gasteiger partial charge in [0.1, 0.15) is 0 Å². The summed E-state index contributed by atoms with van der Waals surface area (Å²) in [6.45, 7) is 8.94. The Morgan fingerprint density at radius 2 is 1.87 bits per heavy atom. The number of rotatable bonds is 5. The minimum atomic E-state index is -0.460. The normalized spacial score (nSPS) is 18.8. The van der Waals surface area contributed by atoms with Gasteiger partial charge in [0.05, 0.1) is 18.3 Å². The number of nitrogens with zero attached hydrogens (tertiary/aromatic N) is 1. The maximum Gasteiger partial charge on any atom is 0.340 e. The van der Waals surface area contributed by atoms with Gasteiger partial charge < -0.3 is 9.64 Å². The van der Waals surface area contributed by atoms with E-state index in [4.69, 9.17) is 4.74 Å². The van der Waals surface area contributed by atoms with Gasteiger partial charge in [0.15, 0.2) is 0 Å². The summed E-state index contributed by atoms with van der Waals surface area (Å²) < 4.78 is 5.00. The zero-order valence-corrected chi connectivity index (χ0v) is 18.9. The standard InChI is InChI=1S/C26H33NO3/c1-18-23(25(29)30-5)22(17-20-11-13-21(14-12-20)26(2,3)4)24(28)27(18)16-15-19-9-7-6-8-10-19/h9,11-14,17H,6-8,10,15-16H2,1-5H3/b22-17-. The van der Waals surface area contributed by atoms with E-state index in [2.05, 4.69) is 39.0 Å². The van der Waals surface area contributed by atoms with Crippen LogP contribution >= 0.6 is 0 Å². The van der Waals surface area contributed by atoms with Crippen LogP contribution in [0.15, 0.2) is 52.8 Å². The van der Waals surface area contributed by atoms with E-state index in [-0.39, 0.29) is 11.3 Å². The Labute approximate surface area is 180 Å². The van der Waals surface area contributed by atoms with Crippen LogP contribution in [0.25, 0.3) is 6.08 Å². The van der Waals surface area contributed by atoms with Gasteiger partial charge in [-0.1, -0.05) is 56.7 Å². The maximum absolute atomic E-state index is 13.2. The molecule has 1 heterocycles. The van der Waals surface area contributed by atoms with Crippen LogP contribution in [0, 0.1) is 0 Å². The molecule has 1 aromatic rings. The summed E-state index contributed by atoms with van der Waals surface area (Å²) in [6, 6.07) is 8.16. The summed E-state index contributed by atoms with van der Waals surface area (Å²) in [4.78, 5) is 27.5. The predicted octanol–water partition coefficient (Wildman–Crippen LogP) is 5.55. The summed E-state index contributed by atoms with van der Waals surface area (Å²) in [5, 5.41) is 0. The fourth-order valence-corrected chi connectivity index (χ4v) is 4.13. The number of esters is 1. The number of methoxy groups -OCH3 is 1. The first kappa shape index (κ1) is 22.1. The van der Waals surface area contributed by atoms with Gasteiger partial charge in [-0.3, -0.25) is 4.79 Å². The Morgan fingerprint density at radius 3 is 2.43 bits per heavy atom. The zero-order chi connectivity index (χ0) is 21.9. The van der Waals surface area contributed by atoms with E-state index in [1.54, 1.807) is 4.90 Å². The highest BCUT2D eigenvalue weighted by molar-refractivity contribution is 6.16. The lowest BCUT2D eigenvalue weighted by Gasteiger charge is -2.20. The molecule has 3 rings (SSSR count). The Morgan fingerprint density at radius 1 is 1.17 bits per heavy atom. The van der Waals surface area contributed by atoms with Crippen molar-refractivity contribution in [3.05, 3.63) is 63.9 Å². The smallest absolute Gasteiger partial charge is 0.340 e. The lowest BCUT2D eigenvalue weighted by Crippen LogP contribution is -2.26. The highest BCUT2D eigenvalue weighted by Crippen LogP contribution is 2.33. The second kappa shape index (κ2) is 9.03. The van der Waals surface area contributed by atoms with Crippen LogP contribution < -0.4 is 0 Å². The van der Waals surface area contributed by atoms with Crippen LogP contribution in [0.5, 0.6) is 0 Å². The number of ether oxygens (including phenoxy) is 1. The molecule has 4 heteroatoms. The molecular weight excluding hydrogens is 374 g/mol. The van der Waals surface area contributed by atoms with Gasteiger partial charge in [0, 0.05) is 12.2 Å². The van der Waals surface area contributed by atoms with E-state index >= 15 is 0 Å². The van der Waals surface area contributed by atoms with E-state index in [0.29, 0.717) is 23.4 Å². The van der Waals surface area contributed by atoms with E-state index in [1.807, 2.05) is 25.1 Å². The van der Waals surface area contributed by atoms with Gasteiger partial charge in [0.25, 0.3) is 5.91 Å². The van der Waals surface area contributed by atoms with Crippen molar-refractivity contribution in [3.8, 4) is 0 Å². The average molecular weight is 408 g/mol. The van der Waals surface area contributed by atoms with Crippen molar-refractivity contribution in [2.45, 2.75) is 65.2 Å². The molecule has 0 unspecified atom stereocenters. The number of hydrogen-bond donors (Lipinski definition) is 0. The number of benzene rings is 1. The van der Waals surface area contributed by atoms with Crippen molar-refractivity contribution in [3.63, 3.8) is 0 Å². The molecule has 0 spiro atoms. The second-order valence-corrected chi connectivity index (χ2v) is 9.20. The summed E-state index contributed by atoms with van der Waals surface area (Å²) in [7, 11) is 1.36. The van der Waals surface area contributed by atoms with Crippen LogP contribution in [-0.4, -0.2) is 30.4 Å². The van der Waals surface area contributed by atoms with Crippen LogP contribution in [0.2, 0.25) is 0 Å². The van der Waals surface area contributed by atoms with Crippen molar-refractivity contribution in [1.29, 1.82) is 0 Å². The highest BCUT2D eigenvalue weighted by Gasteiger charge is 2.36. The van der Waals surface area contributed by atoms with Crippen LogP contribution in [0.1, 0.15) is 70.9 Å². The largest absolute Gasteiger partial charge is 0.465 e. The third-order valence-corrected chi connectivity index (χ3v) is 6.03. The van der Waals surface area contributed by atoms with E-state index in [1.165, 1.54) is 31.1 Å². The van der Waals surface area contributed by atoms with Crippen molar-refractivity contribution in [1.82, 2.24) is 4.90 Å². The molecule has 0 aromatic heterocycles. The molecule has 0 bridgehead atoms. The number of allylic oxidation sites excluding steroid dienone is 2. The van der Waals surface area contributed by atoms with Gasteiger partial charge in [-0.2, -0.15) is 0 Å². The topological polar surface area (TPSA) is 46.6 Å². The molecule has 0 saturated carbocycles. The van der Waals surface area contributed by atoms with Crippen LogP contribution in [-0.2, 0) is 19.7 Å². The van der Waals surface area contributed by atoms with Gasteiger partial charge in [-0.05, 0) is 61.6 Å². The quantitative estimate of drug-likeness (QED) is 0.365. The van der Waals surface area contributed by atoms with Crippen molar-refractivity contribution >= 4 is 18.0 Å². The summed E-state index contributed by atoms with van der Waals surface area (Å²) >= 11 is 0. The molecular formula is C26H33NO3. The second-order valence-electron chi connectivity index (χ2n) is 9.20. The van der Waals surface area contributed by atoms with Crippen molar-refractivity contribution in [2.75, 3.05) is 13.7 Å². The Hall–Kier alpha value is -2.62. The molecule has 0 N–H and O–H groups in total. The summed E-state index contributed by atoms with van der Waals surface area (Å²) in [6.07, 6.45) is 9.67. The number of hydrogen-bond acceptors (Lipinski definition) is 3. The third kappa shape index (κ3) is 4.75. The van der Waals surface area contributed by atoms with Crippen LogP contribution in [0.4, 0.5) is 0 Å². The average Bonchev–Trinajstić information content (AvgIpc) is 2.96. The molecule has 2 aliphatic rings. The van der Waals surface area contributed by atoms with Gasteiger partial charge in [-0.15, -0.1) is 0 Å². The SMILES string of the molecule is COC(=O)C1=C(C)N(CCC2=CCCCC2)C(=O)/C1=C\c1ccc(C(C)(C)C)cc1. The van der Waals surface area contributed by atoms with E-state index in [9.17, 15) is 9.59 Å². The molecule has 0 saturated heterocycles. The van der Waals surface area contributed by atoms with Crippen LogP contribution in [0.3, 0.4) is 0 Å². The molecule has 1 aliphatic carbocycles. The minimum Gasteiger partial charge on any atom is -0.465 e. The maximum atomic E-state index is 13.2. The summed E-state index contributed by atoms with van der Waals surface area (Å²) in [5.74, 6) is -0.581. The fraction of sp³-hybridized carbons (Fsp3) is 0.462. The molecule has 0 fully saturated rings. The zero-order valence-electron chi connectivity index (χ0n) is 18.9. The minimum absolute atomic E-state index is 0.0626. The monoisotopic (exact) mass is 407 g/mol. The van der Waals surface area contributed by atoms with Gasteiger partial charge in [0.2, 0.25) is 0 Å². The molecule has 1 amide bonds. The predicted molar refractivity (Wildman–Crippen MR) is 121 cm³/mol.